The van der Waals surface area contributed by atoms with Crippen molar-refractivity contribution in [2.24, 2.45) is 0 Å². The molecule has 3 fully saturated rings. The van der Waals surface area contributed by atoms with Crippen LogP contribution in [0.1, 0.15) is 25.3 Å². The lowest BCUT2D eigenvalue weighted by Crippen LogP contribution is -2.59. The standard InChI is InChI=1S/C24H30F3N3O4S2/c1-23(31,24(25,26)27)17-4-6-18(7-5-17)30-11-10-29(36(32,33)22-3-2-12-35-22)14-19(30)13-28-15-20-8-9-21(16-28)34-20/h2-7,12,19-21,31H,8-11,13-16H2,1H3/t19-,20?,21?,23-/m0/s1. The highest BCUT2D eigenvalue weighted by molar-refractivity contribution is 7.91. The molecule has 0 aliphatic carbocycles. The first-order chi connectivity index (χ1) is 16.9. The lowest BCUT2D eigenvalue weighted by Gasteiger charge is -2.45. The van der Waals surface area contributed by atoms with Gasteiger partial charge in [0.2, 0.25) is 0 Å². The van der Waals surface area contributed by atoms with E-state index in [2.05, 4.69) is 9.80 Å². The number of aliphatic hydroxyl groups is 1. The normalized spacial score (nSPS) is 27.8. The van der Waals surface area contributed by atoms with Crippen LogP contribution in [0.3, 0.4) is 0 Å². The molecule has 5 rings (SSSR count). The third kappa shape index (κ3) is 4.91. The molecule has 36 heavy (non-hydrogen) atoms. The molecule has 0 amide bonds. The Morgan fingerprint density at radius 3 is 2.31 bits per heavy atom. The van der Waals surface area contributed by atoms with Gasteiger partial charge in [-0.25, -0.2) is 8.42 Å². The number of alkyl halides is 3. The highest BCUT2D eigenvalue weighted by atomic mass is 32.2. The number of sulfonamides is 1. The van der Waals surface area contributed by atoms with Crippen LogP contribution in [0.25, 0.3) is 0 Å². The van der Waals surface area contributed by atoms with Crippen molar-refractivity contribution in [3.05, 3.63) is 47.3 Å². The van der Waals surface area contributed by atoms with Gasteiger partial charge in [-0.1, -0.05) is 18.2 Å². The molecule has 0 radical (unpaired) electrons. The van der Waals surface area contributed by atoms with E-state index in [1.807, 2.05) is 0 Å². The van der Waals surface area contributed by atoms with Gasteiger partial charge in [-0.05, 0) is 48.9 Å². The van der Waals surface area contributed by atoms with Gasteiger partial charge in [0.15, 0.2) is 5.60 Å². The minimum Gasteiger partial charge on any atom is -0.376 e. The Kier molecular flexibility index (Phi) is 6.88. The Bertz CT molecular complexity index is 1140. The number of benzene rings is 1. The molecule has 3 saturated heterocycles. The van der Waals surface area contributed by atoms with Crippen molar-refractivity contribution in [3.8, 4) is 0 Å². The molecule has 3 aliphatic rings. The average Bonchev–Trinajstić information content (AvgIpc) is 3.49. The minimum atomic E-state index is -4.80. The smallest absolute Gasteiger partial charge is 0.376 e. The number of ether oxygens (including phenoxy) is 1. The van der Waals surface area contributed by atoms with Crippen molar-refractivity contribution in [3.63, 3.8) is 0 Å². The van der Waals surface area contributed by atoms with E-state index in [9.17, 15) is 26.7 Å². The largest absolute Gasteiger partial charge is 0.421 e. The van der Waals surface area contributed by atoms with Crippen molar-refractivity contribution in [2.45, 2.75) is 54.0 Å². The van der Waals surface area contributed by atoms with Gasteiger partial charge in [0, 0.05) is 45.0 Å². The number of piperazine rings is 1. The summed E-state index contributed by atoms with van der Waals surface area (Å²) in [5, 5.41) is 11.8. The Balaban J connectivity index is 1.39. The molecule has 1 N–H and O–H groups in total. The van der Waals surface area contributed by atoms with Gasteiger partial charge in [0.25, 0.3) is 10.0 Å². The number of halogens is 3. The molecule has 2 unspecified atom stereocenters. The van der Waals surface area contributed by atoms with Gasteiger partial charge >= 0.3 is 6.18 Å². The number of likely N-dealkylation sites (tertiary alicyclic amines) is 1. The second-order valence-corrected chi connectivity index (χ2v) is 13.0. The lowest BCUT2D eigenvalue weighted by atomic mass is 9.95. The minimum absolute atomic E-state index is 0.190. The average molecular weight is 546 g/mol. The molecule has 4 heterocycles. The molecule has 3 aliphatic heterocycles. The summed E-state index contributed by atoms with van der Waals surface area (Å²) in [6.07, 6.45) is -2.37. The fourth-order valence-electron chi connectivity index (χ4n) is 5.37. The van der Waals surface area contributed by atoms with Crippen molar-refractivity contribution in [2.75, 3.05) is 44.2 Å². The summed E-state index contributed by atoms with van der Waals surface area (Å²) < 4.78 is 74.1. The van der Waals surface area contributed by atoms with Crippen molar-refractivity contribution in [1.82, 2.24) is 9.21 Å². The third-order valence-electron chi connectivity index (χ3n) is 7.44. The molecular weight excluding hydrogens is 515 g/mol. The molecule has 1 aromatic heterocycles. The Hall–Kier alpha value is -1.70. The SMILES string of the molecule is C[C@](O)(c1ccc(N2CCN(S(=O)(=O)c3cccs3)C[C@@H]2CN2CC3CCC(C2)O3)cc1)C(F)(F)F. The zero-order valence-corrected chi connectivity index (χ0v) is 21.5. The summed E-state index contributed by atoms with van der Waals surface area (Å²) in [6, 6.07) is 8.87. The van der Waals surface area contributed by atoms with Gasteiger partial charge in [-0.15, -0.1) is 11.3 Å². The molecule has 2 bridgehead atoms. The second-order valence-electron chi connectivity index (χ2n) is 9.94. The Labute approximate surface area is 213 Å². The van der Waals surface area contributed by atoms with Crippen LogP contribution in [-0.4, -0.2) is 86.4 Å². The van der Waals surface area contributed by atoms with Crippen LogP contribution in [0, 0.1) is 0 Å². The first-order valence-corrected chi connectivity index (χ1v) is 14.3. The highest BCUT2D eigenvalue weighted by Gasteiger charge is 2.51. The molecule has 0 spiro atoms. The van der Waals surface area contributed by atoms with E-state index in [0.717, 1.165) is 32.9 Å². The van der Waals surface area contributed by atoms with Crippen LogP contribution in [0.15, 0.2) is 46.0 Å². The molecule has 12 heteroatoms. The fourth-order valence-corrected chi connectivity index (χ4v) is 7.98. The number of anilines is 1. The predicted octanol–water partition coefficient (Wildman–Crippen LogP) is 3.26. The van der Waals surface area contributed by atoms with E-state index >= 15 is 0 Å². The van der Waals surface area contributed by atoms with Crippen molar-refractivity contribution < 1.29 is 31.4 Å². The summed E-state index contributed by atoms with van der Waals surface area (Å²) in [5.41, 5.74) is -2.49. The van der Waals surface area contributed by atoms with Crippen LogP contribution in [0.4, 0.5) is 18.9 Å². The van der Waals surface area contributed by atoms with Gasteiger partial charge in [0.05, 0.1) is 18.2 Å². The van der Waals surface area contributed by atoms with Crippen LogP contribution >= 0.6 is 11.3 Å². The lowest BCUT2D eigenvalue weighted by molar-refractivity contribution is -0.258. The second kappa shape index (κ2) is 9.55. The van der Waals surface area contributed by atoms with Gasteiger partial charge < -0.3 is 14.7 Å². The van der Waals surface area contributed by atoms with Gasteiger partial charge in [0.1, 0.15) is 4.21 Å². The number of nitrogens with zero attached hydrogens (tertiary/aromatic N) is 3. The highest BCUT2D eigenvalue weighted by Crippen LogP contribution is 2.39. The summed E-state index contributed by atoms with van der Waals surface area (Å²) >= 11 is 1.19. The van der Waals surface area contributed by atoms with Gasteiger partial charge in [-0.2, -0.15) is 17.5 Å². The summed E-state index contributed by atoms with van der Waals surface area (Å²) in [5.74, 6) is 0. The number of rotatable bonds is 6. The summed E-state index contributed by atoms with van der Waals surface area (Å²) in [6.45, 7) is 3.88. The van der Waals surface area contributed by atoms with Crippen molar-refractivity contribution in [1.29, 1.82) is 0 Å². The maximum Gasteiger partial charge on any atom is 0.421 e. The van der Waals surface area contributed by atoms with Crippen LogP contribution in [-0.2, 0) is 20.4 Å². The van der Waals surface area contributed by atoms with Gasteiger partial charge in [-0.3, -0.25) is 4.90 Å². The van der Waals surface area contributed by atoms with E-state index in [0.29, 0.717) is 23.0 Å². The molecule has 4 atom stereocenters. The van der Waals surface area contributed by atoms with E-state index in [4.69, 9.17) is 4.74 Å². The number of fused-ring (bicyclic) bond motifs is 2. The topological polar surface area (TPSA) is 73.3 Å². The maximum absolute atomic E-state index is 13.3. The first kappa shape index (κ1) is 25.9. The van der Waals surface area contributed by atoms with Crippen LogP contribution in [0.2, 0.25) is 0 Å². The van der Waals surface area contributed by atoms with Crippen LogP contribution < -0.4 is 4.90 Å². The van der Waals surface area contributed by atoms with E-state index in [-0.39, 0.29) is 36.9 Å². The number of thiophene rings is 1. The zero-order chi connectivity index (χ0) is 25.7. The molecule has 7 nitrogen and oxygen atoms in total. The number of morpholine rings is 1. The van der Waals surface area contributed by atoms with E-state index in [1.54, 1.807) is 29.6 Å². The molecule has 198 valence electrons. The number of hydrogen-bond donors (Lipinski definition) is 1. The Morgan fingerprint density at radius 2 is 1.72 bits per heavy atom. The quantitative estimate of drug-likeness (QED) is 0.601. The zero-order valence-electron chi connectivity index (χ0n) is 19.9. The molecular formula is C24H30F3N3O4S2. The Morgan fingerprint density at radius 1 is 1.06 bits per heavy atom. The molecule has 0 saturated carbocycles. The van der Waals surface area contributed by atoms with E-state index in [1.165, 1.54) is 27.8 Å². The number of hydrogen-bond acceptors (Lipinski definition) is 7. The fraction of sp³-hybridized carbons (Fsp3) is 0.583. The first-order valence-electron chi connectivity index (χ1n) is 12.0. The maximum atomic E-state index is 13.3. The monoisotopic (exact) mass is 545 g/mol. The van der Waals surface area contributed by atoms with E-state index < -0.39 is 21.8 Å². The van der Waals surface area contributed by atoms with Crippen LogP contribution in [0.5, 0.6) is 0 Å². The van der Waals surface area contributed by atoms with Crippen molar-refractivity contribution >= 4 is 27.0 Å². The summed E-state index contributed by atoms with van der Waals surface area (Å²) in [7, 11) is -3.63. The third-order valence-corrected chi connectivity index (χ3v) is 10.7. The predicted molar refractivity (Wildman–Crippen MR) is 131 cm³/mol. The molecule has 1 aromatic carbocycles. The molecule has 2 aromatic rings. The summed E-state index contributed by atoms with van der Waals surface area (Å²) in [4.78, 5) is 4.39.